The van der Waals surface area contributed by atoms with Crippen LogP contribution in [0.1, 0.15) is 80.5 Å². The number of nitrogens with zero attached hydrogens (tertiary/aromatic N) is 3. The van der Waals surface area contributed by atoms with Gasteiger partial charge in [-0.1, -0.05) is 24.1 Å². The minimum absolute atomic E-state index is 0.0244. The van der Waals surface area contributed by atoms with Crippen molar-refractivity contribution < 1.29 is 22.8 Å². The molecule has 1 aromatic rings. The second-order valence-corrected chi connectivity index (χ2v) is 12.7. The van der Waals surface area contributed by atoms with Crippen molar-refractivity contribution in [3.8, 4) is 0 Å². The second kappa shape index (κ2) is 12.7. The summed E-state index contributed by atoms with van der Waals surface area (Å²) in [6.45, 7) is 7.83. The first-order valence-corrected chi connectivity index (χ1v) is 15.1. The maximum absolute atomic E-state index is 13.0. The van der Waals surface area contributed by atoms with E-state index in [0.717, 1.165) is 50.2 Å². The Hall–Kier alpha value is -2.33. The summed E-state index contributed by atoms with van der Waals surface area (Å²) in [7, 11) is 1.80. The Morgan fingerprint density at radius 3 is 2.38 bits per heavy atom. The van der Waals surface area contributed by atoms with Crippen LogP contribution in [0.4, 0.5) is 13.2 Å². The van der Waals surface area contributed by atoms with Gasteiger partial charge in [0, 0.05) is 45.9 Å². The fourth-order valence-corrected chi connectivity index (χ4v) is 6.88. The molecule has 2 heterocycles. The van der Waals surface area contributed by atoms with Gasteiger partial charge in [-0.3, -0.25) is 14.6 Å². The first-order chi connectivity index (χ1) is 18.8. The molecule has 1 saturated heterocycles. The van der Waals surface area contributed by atoms with Gasteiger partial charge in [0.05, 0.1) is 0 Å². The van der Waals surface area contributed by atoms with Crippen molar-refractivity contribution in [3.63, 3.8) is 0 Å². The summed E-state index contributed by atoms with van der Waals surface area (Å²) in [5.74, 6) is 1.02. The third-order valence-electron chi connectivity index (χ3n) is 8.67. The van der Waals surface area contributed by atoms with E-state index in [-0.39, 0.29) is 30.1 Å². The van der Waals surface area contributed by atoms with E-state index in [1.54, 1.807) is 30.8 Å². The number of nitrogens with one attached hydrogen (secondary N) is 1. The molecule has 1 aromatic carbocycles. The quantitative estimate of drug-likeness (QED) is 0.362. The molecule has 1 spiro atoms. The number of halogens is 3. The van der Waals surface area contributed by atoms with Gasteiger partial charge in [-0.05, 0) is 98.4 Å². The van der Waals surface area contributed by atoms with Crippen LogP contribution in [0.5, 0.6) is 0 Å². The number of aliphatic imine (C=N–C) groups is 1. The highest BCUT2D eigenvalue weighted by molar-refractivity contribution is 8.00. The normalized spacial score (nSPS) is 23.5. The minimum Gasteiger partial charge on any atom is -0.342 e. The van der Waals surface area contributed by atoms with Gasteiger partial charge in [0.2, 0.25) is 5.91 Å². The smallest absolute Gasteiger partial charge is 0.342 e. The molecule has 0 aromatic heterocycles. The van der Waals surface area contributed by atoms with E-state index in [9.17, 15) is 22.8 Å². The lowest BCUT2D eigenvalue weighted by Gasteiger charge is -2.34. The number of hydrogen-bond donors (Lipinski definition) is 1. The van der Waals surface area contributed by atoms with Crippen LogP contribution < -0.4 is 5.32 Å². The number of benzene rings is 1. The zero-order chi connectivity index (χ0) is 29.1. The third-order valence-corrected chi connectivity index (χ3v) is 9.59. The first-order valence-electron chi connectivity index (χ1n) is 14.2. The first kappa shape index (κ1) is 30.6. The number of aryl methyl sites for hydroxylation is 2. The molecule has 1 saturated carbocycles. The molecule has 0 bridgehead atoms. The van der Waals surface area contributed by atoms with E-state index in [0.29, 0.717) is 19.4 Å². The van der Waals surface area contributed by atoms with E-state index in [1.807, 2.05) is 0 Å². The number of amidine groups is 1. The Morgan fingerprint density at radius 2 is 1.80 bits per heavy atom. The molecule has 6 nitrogen and oxygen atoms in total. The molecule has 0 radical (unpaired) electrons. The summed E-state index contributed by atoms with van der Waals surface area (Å²) in [5, 5.41) is 5.13. The molecule has 1 aliphatic carbocycles. The van der Waals surface area contributed by atoms with Crippen LogP contribution in [0.15, 0.2) is 22.5 Å². The van der Waals surface area contributed by atoms with Crippen molar-refractivity contribution in [2.45, 2.75) is 90.4 Å². The Balaban J connectivity index is 1.27. The number of carbonyl (C=O) groups is 2. The summed E-state index contributed by atoms with van der Waals surface area (Å²) in [6.07, 6.45) is 1.93. The highest BCUT2D eigenvalue weighted by Gasteiger charge is 2.47. The van der Waals surface area contributed by atoms with Crippen molar-refractivity contribution in [1.29, 1.82) is 0 Å². The number of hydrogen-bond acceptors (Lipinski definition) is 5. The minimum atomic E-state index is -4.09. The SMILES string of the molecule is CC(=O)N(C)Cc1cc(C)c(/C=C/SN2CCC3(CC2)N=C(C2CCC(CCC(F)(F)F)CC2)NC3=O)c(C)c1. The van der Waals surface area contributed by atoms with Gasteiger partial charge in [0.1, 0.15) is 11.4 Å². The Morgan fingerprint density at radius 1 is 1.18 bits per heavy atom. The fourth-order valence-electron chi connectivity index (χ4n) is 6.12. The molecule has 4 rings (SSSR count). The molecule has 220 valence electrons. The highest BCUT2D eigenvalue weighted by atomic mass is 32.2. The summed E-state index contributed by atoms with van der Waals surface area (Å²) in [6, 6.07) is 4.26. The average Bonchev–Trinajstić information content (AvgIpc) is 3.20. The summed E-state index contributed by atoms with van der Waals surface area (Å²) >= 11 is 1.65. The van der Waals surface area contributed by atoms with Gasteiger partial charge in [-0.25, -0.2) is 4.31 Å². The lowest BCUT2D eigenvalue weighted by molar-refractivity contribution is -0.138. The van der Waals surface area contributed by atoms with E-state index < -0.39 is 18.1 Å². The van der Waals surface area contributed by atoms with Crippen molar-refractivity contribution in [2.24, 2.45) is 16.8 Å². The van der Waals surface area contributed by atoms with Gasteiger partial charge in [-0.2, -0.15) is 13.2 Å². The van der Waals surface area contributed by atoms with Crippen LogP contribution in [0.3, 0.4) is 0 Å². The number of amides is 2. The molecule has 2 fully saturated rings. The lowest BCUT2D eigenvalue weighted by Crippen LogP contribution is -2.47. The fraction of sp³-hybridized carbons (Fsp3) is 0.633. The molecule has 40 heavy (non-hydrogen) atoms. The molecule has 3 aliphatic rings. The predicted octanol–water partition coefficient (Wildman–Crippen LogP) is 6.41. The van der Waals surface area contributed by atoms with Crippen molar-refractivity contribution in [1.82, 2.24) is 14.5 Å². The molecule has 1 N–H and O–H groups in total. The number of piperidine rings is 1. The van der Waals surface area contributed by atoms with Gasteiger partial charge in [-0.15, -0.1) is 0 Å². The van der Waals surface area contributed by atoms with Crippen molar-refractivity contribution in [2.75, 3.05) is 20.1 Å². The van der Waals surface area contributed by atoms with Gasteiger partial charge in [0.25, 0.3) is 5.91 Å². The number of rotatable bonds is 8. The van der Waals surface area contributed by atoms with Crippen LogP contribution in [0.2, 0.25) is 0 Å². The Bertz CT molecular complexity index is 1130. The van der Waals surface area contributed by atoms with Gasteiger partial charge in [0.15, 0.2) is 0 Å². The molecule has 2 amide bonds. The zero-order valence-electron chi connectivity index (χ0n) is 23.9. The maximum atomic E-state index is 13.0. The number of alkyl halides is 3. The van der Waals surface area contributed by atoms with Crippen LogP contribution in [0.25, 0.3) is 6.08 Å². The van der Waals surface area contributed by atoms with Gasteiger partial charge < -0.3 is 10.2 Å². The standard InChI is InChI=1S/C30H41F3N4O2S/c1-20-17-24(19-36(4)22(3)38)18-21(2)26(20)10-16-40-37-14-12-29(13-15-37)28(39)34-27(35-29)25-7-5-23(6-8-25)9-11-30(31,32)33/h10,16-18,23,25H,5-9,11-15,19H2,1-4H3,(H,34,35,39)/b16-10+. The van der Waals surface area contributed by atoms with Crippen molar-refractivity contribution >= 4 is 35.7 Å². The van der Waals surface area contributed by atoms with E-state index in [4.69, 9.17) is 4.99 Å². The van der Waals surface area contributed by atoms with Crippen LogP contribution >= 0.6 is 11.9 Å². The maximum Gasteiger partial charge on any atom is 0.389 e. The largest absolute Gasteiger partial charge is 0.389 e. The number of carbonyl (C=O) groups excluding carboxylic acids is 2. The van der Waals surface area contributed by atoms with E-state index >= 15 is 0 Å². The summed E-state index contributed by atoms with van der Waals surface area (Å²) < 4.78 is 40.0. The molecule has 0 unspecified atom stereocenters. The molecular weight excluding hydrogens is 537 g/mol. The van der Waals surface area contributed by atoms with Crippen molar-refractivity contribution in [3.05, 3.63) is 39.8 Å². The highest BCUT2D eigenvalue weighted by Crippen LogP contribution is 2.38. The summed E-state index contributed by atoms with van der Waals surface area (Å²) in [4.78, 5) is 31.2. The topological polar surface area (TPSA) is 65.0 Å². The lowest BCUT2D eigenvalue weighted by atomic mass is 9.79. The summed E-state index contributed by atoms with van der Waals surface area (Å²) in [5.41, 5.74) is 3.91. The monoisotopic (exact) mass is 578 g/mol. The average molecular weight is 579 g/mol. The second-order valence-electron chi connectivity index (χ2n) is 11.7. The third kappa shape index (κ3) is 7.69. The van der Waals surface area contributed by atoms with Crippen LogP contribution in [-0.2, 0) is 16.1 Å². The van der Waals surface area contributed by atoms with Crippen LogP contribution in [0, 0.1) is 25.7 Å². The Kier molecular flexibility index (Phi) is 9.70. The molecule has 0 atom stereocenters. The molecular formula is C30H41F3N4O2S. The predicted molar refractivity (Wildman–Crippen MR) is 155 cm³/mol. The van der Waals surface area contributed by atoms with E-state index in [2.05, 4.69) is 47.1 Å². The van der Waals surface area contributed by atoms with E-state index in [1.165, 1.54) is 16.7 Å². The molecule has 2 aliphatic heterocycles. The Labute approximate surface area is 240 Å². The van der Waals surface area contributed by atoms with Gasteiger partial charge >= 0.3 is 6.18 Å². The zero-order valence-corrected chi connectivity index (χ0v) is 24.8. The van der Waals surface area contributed by atoms with Crippen LogP contribution in [-0.4, -0.2) is 58.7 Å². The molecule has 10 heteroatoms.